The number of hydrogen-bond acceptors (Lipinski definition) is 5. The SMILES string of the molecule is O=C(Nc1ccc(NC(=O)c2cc3c(nc4sccn43)s2)cc1)NC1CC1. The van der Waals surface area contributed by atoms with Crippen LogP contribution in [0.1, 0.15) is 22.5 Å². The number of nitrogens with zero attached hydrogens (tertiary/aromatic N) is 2. The first kappa shape index (κ1) is 16.3. The van der Waals surface area contributed by atoms with E-state index in [0.717, 1.165) is 28.1 Å². The normalized spacial score (nSPS) is 13.8. The molecule has 0 atom stereocenters. The Morgan fingerprint density at radius 2 is 1.85 bits per heavy atom. The summed E-state index contributed by atoms with van der Waals surface area (Å²) in [5, 5.41) is 10.5. The highest BCUT2D eigenvalue weighted by Crippen LogP contribution is 2.29. The Labute approximate surface area is 162 Å². The van der Waals surface area contributed by atoms with Crippen molar-refractivity contribution in [1.29, 1.82) is 0 Å². The smallest absolute Gasteiger partial charge is 0.319 e. The first-order valence-corrected chi connectivity index (χ1v) is 10.2. The fourth-order valence-corrected chi connectivity index (χ4v) is 4.46. The molecular weight excluding hydrogens is 382 g/mol. The fraction of sp³-hybridized carbons (Fsp3) is 0.167. The molecule has 5 rings (SSSR count). The lowest BCUT2D eigenvalue weighted by Gasteiger charge is -2.08. The van der Waals surface area contributed by atoms with E-state index in [2.05, 4.69) is 20.9 Å². The Bertz CT molecular complexity index is 1150. The number of thiazole rings is 1. The molecule has 3 heterocycles. The Morgan fingerprint density at radius 1 is 1.11 bits per heavy atom. The van der Waals surface area contributed by atoms with Gasteiger partial charge < -0.3 is 16.0 Å². The van der Waals surface area contributed by atoms with Gasteiger partial charge in [-0.05, 0) is 43.2 Å². The number of benzene rings is 1. The Kier molecular flexibility index (Phi) is 3.83. The van der Waals surface area contributed by atoms with E-state index in [1.165, 1.54) is 11.3 Å². The summed E-state index contributed by atoms with van der Waals surface area (Å²) in [5.74, 6) is -0.172. The number of aromatic nitrogens is 2. The molecule has 1 aliphatic rings. The summed E-state index contributed by atoms with van der Waals surface area (Å²) in [6.07, 6.45) is 4.04. The van der Waals surface area contributed by atoms with Crippen molar-refractivity contribution in [2.75, 3.05) is 10.6 Å². The summed E-state index contributed by atoms with van der Waals surface area (Å²) >= 11 is 2.95. The monoisotopic (exact) mass is 397 g/mol. The third-order valence-corrected chi connectivity index (χ3v) is 6.05. The van der Waals surface area contributed by atoms with Crippen LogP contribution in [0.2, 0.25) is 0 Å². The van der Waals surface area contributed by atoms with Crippen molar-refractivity contribution in [3.63, 3.8) is 0 Å². The van der Waals surface area contributed by atoms with Crippen LogP contribution in [0, 0.1) is 0 Å². The number of amides is 3. The van der Waals surface area contributed by atoms with Crippen LogP contribution in [0.5, 0.6) is 0 Å². The molecule has 27 heavy (non-hydrogen) atoms. The number of hydrogen-bond donors (Lipinski definition) is 3. The molecule has 0 saturated heterocycles. The number of anilines is 2. The highest BCUT2D eigenvalue weighted by Gasteiger charge is 2.23. The maximum absolute atomic E-state index is 12.5. The summed E-state index contributed by atoms with van der Waals surface area (Å²) < 4.78 is 1.99. The van der Waals surface area contributed by atoms with Gasteiger partial charge in [-0.25, -0.2) is 9.78 Å². The van der Waals surface area contributed by atoms with Crippen LogP contribution in [0.15, 0.2) is 41.9 Å². The number of rotatable bonds is 4. The van der Waals surface area contributed by atoms with Crippen molar-refractivity contribution in [2.45, 2.75) is 18.9 Å². The van der Waals surface area contributed by atoms with Crippen molar-refractivity contribution >= 4 is 61.3 Å². The van der Waals surface area contributed by atoms with Crippen LogP contribution in [-0.4, -0.2) is 27.4 Å². The minimum Gasteiger partial charge on any atom is -0.335 e. The molecule has 4 aromatic rings. The first-order chi connectivity index (χ1) is 13.2. The molecule has 1 aromatic carbocycles. The minimum atomic E-state index is -0.198. The third kappa shape index (κ3) is 3.26. The number of imidazole rings is 1. The first-order valence-electron chi connectivity index (χ1n) is 8.50. The lowest BCUT2D eigenvalue weighted by atomic mass is 10.2. The van der Waals surface area contributed by atoms with Gasteiger partial charge in [-0.3, -0.25) is 9.20 Å². The van der Waals surface area contributed by atoms with Gasteiger partial charge in [0.15, 0.2) is 4.96 Å². The van der Waals surface area contributed by atoms with Gasteiger partial charge in [-0.2, -0.15) is 0 Å². The second-order valence-electron chi connectivity index (χ2n) is 6.37. The molecule has 3 aromatic heterocycles. The molecule has 0 bridgehead atoms. The predicted molar refractivity (Wildman–Crippen MR) is 108 cm³/mol. The fourth-order valence-electron chi connectivity index (χ4n) is 2.77. The van der Waals surface area contributed by atoms with E-state index in [0.29, 0.717) is 22.3 Å². The van der Waals surface area contributed by atoms with E-state index in [1.807, 2.05) is 22.0 Å². The molecule has 3 N–H and O–H groups in total. The van der Waals surface area contributed by atoms with E-state index in [9.17, 15) is 9.59 Å². The molecule has 0 spiro atoms. The highest BCUT2D eigenvalue weighted by atomic mass is 32.1. The molecular formula is C18H15N5O2S2. The van der Waals surface area contributed by atoms with E-state index in [-0.39, 0.29) is 11.9 Å². The van der Waals surface area contributed by atoms with Gasteiger partial charge >= 0.3 is 6.03 Å². The second kappa shape index (κ2) is 6.36. The minimum absolute atomic E-state index is 0.172. The molecule has 136 valence electrons. The molecule has 1 saturated carbocycles. The topological polar surface area (TPSA) is 87.5 Å². The largest absolute Gasteiger partial charge is 0.335 e. The van der Waals surface area contributed by atoms with E-state index >= 15 is 0 Å². The standard InChI is InChI=1S/C18H15N5O2S2/c24-15(14-9-13-16(27-14)22-18-23(13)7-8-26-18)19-10-1-3-11(4-2-10)20-17(25)21-12-5-6-12/h1-4,7-9,12H,5-6H2,(H,19,24)(H2,20,21,25). The van der Waals surface area contributed by atoms with Gasteiger partial charge in [0, 0.05) is 29.0 Å². The van der Waals surface area contributed by atoms with Crippen molar-refractivity contribution in [2.24, 2.45) is 0 Å². The zero-order valence-corrected chi connectivity index (χ0v) is 15.7. The van der Waals surface area contributed by atoms with Crippen molar-refractivity contribution in [3.05, 3.63) is 46.8 Å². The quantitative estimate of drug-likeness (QED) is 0.483. The Morgan fingerprint density at radius 3 is 2.59 bits per heavy atom. The summed E-state index contributed by atoms with van der Waals surface area (Å²) in [6, 6.07) is 9.03. The van der Waals surface area contributed by atoms with Crippen LogP contribution >= 0.6 is 22.7 Å². The summed E-state index contributed by atoms with van der Waals surface area (Å²) in [7, 11) is 0. The zero-order valence-electron chi connectivity index (χ0n) is 14.1. The molecule has 0 radical (unpaired) electrons. The molecule has 0 aliphatic heterocycles. The van der Waals surface area contributed by atoms with Gasteiger partial charge in [-0.1, -0.05) is 0 Å². The van der Waals surface area contributed by atoms with Gasteiger partial charge in [0.2, 0.25) is 0 Å². The summed E-state index contributed by atoms with van der Waals surface area (Å²) in [5.41, 5.74) is 2.30. The molecule has 3 amide bonds. The second-order valence-corrected chi connectivity index (χ2v) is 8.28. The number of thiophene rings is 1. The van der Waals surface area contributed by atoms with Crippen molar-refractivity contribution in [3.8, 4) is 0 Å². The van der Waals surface area contributed by atoms with Crippen LogP contribution < -0.4 is 16.0 Å². The van der Waals surface area contributed by atoms with Gasteiger partial charge in [0.1, 0.15) is 4.83 Å². The van der Waals surface area contributed by atoms with Crippen LogP contribution in [0.4, 0.5) is 16.2 Å². The maximum atomic E-state index is 12.5. The van der Waals surface area contributed by atoms with Crippen LogP contribution in [0.25, 0.3) is 15.3 Å². The predicted octanol–water partition coefficient (Wildman–Crippen LogP) is 4.15. The average molecular weight is 397 g/mol. The van der Waals surface area contributed by atoms with Gasteiger partial charge in [0.05, 0.1) is 10.4 Å². The number of carbonyl (C=O) groups excluding carboxylic acids is 2. The highest BCUT2D eigenvalue weighted by molar-refractivity contribution is 7.21. The third-order valence-electron chi connectivity index (χ3n) is 4.28. The zero-order chi connectivity index (χ0) is 18.4. The molecule has 7 nitrogen and oxygen atoms in total. The van der Waals surface area contributed by atoms with Crippen LogP contribution in [0.3, 0.4) is 0 Å². The van der Waals surface area contributed by atoms with Gasteiger partial charge in [0.25, 0.3) is 5.91 Å². The summed E-state index contributed by atoms with van der Waals surface area (Å²) in [4.78, 5) is 31.2. The molecule has 0 unspecified atom stereocenters. The number of fused-ring (bicyclic) bond motifs is 3. The molecule has 1 fully saturated rings. The van der Waals surface area contributed by atoms with Crippen molar-refractivity contribution < 1.29 is 9.59 Å². The number of nitrogens with one attached hydrogen (secondary N) is 3. The lowest BCUT2D eigenvalue weighted by molar-refractivity contribution is 0.103. The lowest BCUT2D eigenvalue weighted by Crippen LogP contribution is -2.30. The van der Waals surface area contributed by atoms with E-state index < -0.39 is 0 Å². The van der Waals surface area contributed by atoms with E-state index in [1.54, 1.807) is 35.6 Å². The Balaban J connectivity index is 1.27. The average Bonchev–Trinajstić information content (AvgIpc) is 3.04. The van der Waals surface area contributed by atoms with Crippen molar-refractivity contribution in [1.82, 2.24) is 14.7 Å². The number of urea groups is 1. The Hall–Kier alpha value is -2.91. The van der Waals surface area contributed by atoms with Crippen LogP contribution in [-0.2, 0) is 0 Å². The van der Waals surface area contributed by atoms with E-state index in [4.69, 9.17) is 0 Å². The molecule has 9 heteroatoms. The number of carbonyl (C=O) groups is 2. The van der Waals surface area contributed by atoms with Gasteiger partial charge in [-0.15, -0.1) is 22.7 Å². The maximum Gasteiger partial charge on any atom is 0.319 e. The molecule has 1 aliphatic carbocycles. The summed E-state index contributed by atoms with van der Waals surface area (Å²) in [6.45, 7) is 0.